The Kier molecular flexibility index (Phi) is 3.38. The quantitative estimate of drug-likeness (QED) is 0.853. The van der Waals surface area contributed by atoms with Gasteiger partial charge in [-0.25, -0.2) is 0 Å². The predicted octanol–water partition coefficient (Wildman–Crippen LogP) is 3.07. The molecule has 0 atom stereocenters. The number of methoxy groups -OCH3 is 1. The van der Waals surface area contributed by atoms with Crippen molar-refractivity contribution in [2.75, 3.05) is 7.11 Å². The van der Waals surface area contributed by atoms with E-state index < -0.39 is 0 Å². The van der Waals surface area contributed by atoms with Crippen LogP contribution in [0, 0.1) is 4.77 Å². The largest absolute Gasteiger partial charge is 0.497 e. The van der Waals surface area contributed by atoms with Gasteiger partial charge in [0, 0.05) is 12.5 Å². The van der Waals surface area contributed by atoms with E-state index in [1.54, 1.807) is 7.11 Å². The Morgan fingerprint density at radius 2 is 2.11 bits per heavy atom. The Bertz CT molecular complexity index is 610. The van der Waals surface area contributed by atoms with Gasteiger partial charge in [-0.3, -0.25) is 5.10 Å². The molecule has 0 unspecified atom stereocenters. The van der Waals surface area contributed by atoms with E-state index in [9.17, 15) is 0 Å². The summed E-state index contributed by atoms with van der Waals surface area (Å²) in [4.78, 5) is 0. The zero-order valence-electron chi connectivity index (χ0n) is 10.9. The molecule has 2 aromatic rings. The lowest BCUT2D eigenvalue weighted by Gasteiger charge is -2.07. The molecule has 19 heavy (non-hydrogen) atoms. The summed E-state index contributed by atoms with van der Waals surface area (Å²) in [6.45, 7) is 0.882. The summed E-state index contributed by atoms with van der Waals surface area (Å²) in [6, 6.07) is 8.18. The van der Waals surface area contributed by atoms with Crippen molar-refractivity contribution in [1.29, 1.82) is 0 Å². The fourth-order valence-corrected chi connectivity index (χ4v) is 2.46. The number of aromatic amines is 1. The first-order valence-electron chi connectivity index (χ1n) is 6.56. The molecule has 3 rings (SSSR count). The first-order chi connectivity index (χ1) is 9.28. The zero-order valence-corrected chi connectivity index (χ0v) is 11.7. The average molecular weight is 275 g/mol. The first-order valence-corrected chi connectivity index (χ1v) is 6.97. The van der Waals surface area contributed by atoms with E-state index in [2.05, 4.69) is 26.9 Å². The number of nitrogens with one attached hydrogen (secondary N) is 1. The van der Waals surface area contributed by atoms with Gasteiger partial charge in [0.25, 0.3) is 0 Å². The van der Waals surface area contributed by atoms with Crippen molar-refractivity contribution in [2.45, 2.75) is 31.7 Å². The molecule has 0 amide bonds. The molecule has 1 aliphatic rings. The van der Waals surface area contributed by atoms with Gasteiger partial charge >= 0.3 is 0 Å². The fourth-order valence-electron chi connectivity index (χ4n) is 2.23. The standard InChI is InChI=1S/C14H17N3OS/c1-18-12-6-2-10(3-7-12)8-9-17-13(11-4-5-11)15-16-14(17)19/h2-3,6-7,11H,4-5,8-9H2,1H3,(H,16,19). The Hall–Kier alpha value is -1.62. The fraction of sp³-hybridized carbons (Fsp3) is 0.429. The molecular weight excluding hydrogens is 258 g/mol. The van der Waals surface area contributed by atoms with Crippen LogP contribution < -0.4 is 4.74 Å². The van der Waals surface area contributed by atoms with E-state index in [1.807, 2.05) is 12.1 Å². The Balaban J connectivity index is 1.71. The third kappa shape index (κ3) is 2.71. The van der Waals surface area contributed by atoms with Crippen LogP contribution in [0.15, 0.2) is 24.3 Å². The molecule has 100 valence electrons. The minimum atomic E-state index is 0.615. The molecule has 0 aliphatic heterocycles. The predicted molar refractivity (Wildman–Crippen MR) is 76.1 cm³/mol. The molecule has 1 aromatic carbocycles. The van der Waals surface area contributed by atoms with Crippen molar-refractivity contribution in [1.82, 2.24) is 14.8 Å². The number of nitrogens with zero attached hydrogens (tertiary/aromatic N) is 2. The number of hydrogen-bond donors (Lipinski definition) is 1. The minimum absolute atomic E-state index is 0.615. The number of aromatic nitrogens is 3. The van der Waals surface area contributed by atoms with E-state index in [1.165, 1.54) is 18.4 Å². The van der Waals surface area contributed by atoms with Gasteiger partial charge in [-0.2, -0.15) is 5.10 Å². The number of ether oxygens (including phenoxy) is 1. The van der Waals surface area contributed by atoms with Crippen molar-refractivity contribution in [3.63, 3.8) is 0 Å². The van der Waals surface area contributed by atoms with Crippen LogP contribution in [0.1, 0.15) is 30.1 Å². The molecule has 1 saturated carbocycles. The Labute approximate surface area is 117 Å². The highest BCUT2D eigenvalue weighted by Crippen LogP contribution is 2.38. The third-order valence-corrected chi connectivity index (χ3v) is 3.83. The van der Waals surface area contributed by atoms with Gasteiger partial charge in [0.1, 0.15) is 11.6 Å². The second-order valence-corrected chi connectivity index (χ2v) is 5.30. The lowest BCUT2D eigenvalue weighted by atomic mass is 10.1. The second-order valence-electron chi connectivity index (χ2n) is 4.91. The van der Waals surface area contributed by atoms with Crippen molar-refractivity contribution < 1.29 is 4.74 Å². The molecule has 5 heteroatoms. The highest BCUT2D eigenvalue weighted by Gasteiger charge is 2.28. The van der Waals surface area contributed by atoms with E-state index >= 15 is 0 Å². The smallest absolute Gasteiger partial charge is 0.195 e. The van der Waals surface area contributed by atoms with Gasteiger partial charge in [0.05, 0.1) is 7.11 Å². The SMILES string of the molecule is COc1ccc(CCn2c(C3CC3)n[nH]c2=S)cc1. The van der Waals surface area contributed by atoms with Gasteiger partial charge in [-0.15, -0.1) is 0 Å². The minimum Gasteiger partial charge on any atom is -0.497 e. The van der Waals surface area contributed by atoms with Gasteiger partial charge in [0.2, 0.25) is 0 Å². The molecule has 0 radical (unpaired) electrons. The summed E-state index contributed by atoms with van der Waals surface area (Å²) < 4.78 is 8.03. The van der Waals surface area contributed by atoms with Crippen molar-refractivity contribution in [3.8, 4) is 5.75 Å². The molecule has 1 aliphatic carbocycles. The summed E-state index contributed by atoms with van der Waals surface area (Å²) in [5.74, 6) is 2.63. The average Bonchev–Trinajstić information content (AvgIpc) is 3.22. The van der Waals surface area contributed by atoms with Crippen molar-refractivity contribution in [2.24, 2.45) is 0 Å². The van der Waals surface area contributed by atoms with E-state index in [-0.39, 0.29) is 0 Å². The number of benzene rings is 1. The summed E-state index contributed by atoms with van der Waals surface area (Å²) in [6.07, 6.45) is 3.43. The van der Waals surface area contributed by atoms with Gasteiger partial charge in [0.15, 0.2) is 4.77 Å². The maximum atomic E-state index is 5.30. The molecule has 1 aromatic heterocycles. The molecule has 4 nitrogen and oxygen atoms in total. The van der Waals surface area contributed by atoms with E-state index in [0.29, 0.717) is 5.92 Å². The van der Waals surface area contributed by atoms with E-state index in [0.717, 1.165) is 29.3 Å². The van der Waals surface area contributed by atoms with E-state index in [4.69, 9.17) is 17.0 Å². The monoisotopic (exact) mass is 275 g/mol. The van der Waals surface area contributed by atoms with Crippen molar-refractivity contribution in [3.05, 3.63) is 40.4 Å². The molecule has 0 bridgehead atoms. The maximum absolute atomic E-state index is 5.30. The molecule has 0 spiro atoms. The highest BCUT2D eigenvalue weighted by molar-refractivity contribution is 7.71. The summed E-state index contributed by atoms with van der Waals surface area (Å²) in [5, 5.41) is 7.25. The topological polar surface area (TPSA) is 42.8 Å². The molecule has 1 N–H and O–H groups in total. The molecule has 1 heterocycles. The third-order valence-electron chi connectivity index (χ3n) is 3.51. The number of H-pyrrole nitrogens is 1. The summed E-state index contributed by atoms with van der Waals surface area (Å²) in [7, 11) is 1.68. The van der Waals surface area contributed by atoms with Crippen LogP contribution in [-0.4, -0.2) is 21.9 Å². The van der Waals surface area contributed by atoms with Gasteiger partial charge in [-0.1, -0.05) is 12.1 Å². The Morgan fingerprint density at radius 1 is 1.37 bits per heavy atom. The van der Waals surface area contributed by atoms with Crippen LogP contribution in [-0.2, 0) is 13.0 Å². The van der Waals surface area contributed by atoms with Crippen LogP contribution in [0.3, 0.4) is 0 Å². The summed E-state index contributed by atoms with van der Waals surface area (Å²) in [5.41, 5.74) is 1.28. The van der Waals surface area contributed by atoms with Crippen LogP contribution in [0.2, 0.25) is 0 Å². The van der Waals surface area contributed by atoms with Crippen molar-refractivity contribution >= 4 is 12.2 Å². The first kappa shape index (κ1) is 12.4. The van der Waals surface area contributed by atoms with Crippen LogP contribution in [0.4, 0.5) is 0 Å². The highest BCUT2D eigenvalue weighted by atomic mass is 32.1. The molecular formula is C14H17N3OS. The van der Waals surface area contributed by atoms with Gasteiger partial charge in [-0.05, 0) is 49.2 Å². The second kappa shape index (κ2) is 5.17. The van der Waals surface area contributed by atoms with Crippen LogP contribution >= 0.6 is 12.2 Å². The Morgan fingerprint density at radius 3 is 2.74 bits per heavy atom. The lowest BCUT2D eigenvalue weighted by Crippen LogP contribution is -2.05. The maximum Gasteiger partial charge on any atom is 0.195 e. The zero-order chi connectivity index (χ0) is 13.2. The number of aryl methyl sites for hydroxylation is 1. The normalized spacial score (nSPS) is 14.6. The lowest BCUT2D eigenvalue weighted by molar-refractivity contribution is 0.414. The van der Waals surface area contributed by atoms with Gasteiger partial charge < -0.3 is 9.30 Å². The molecule has 0 saturated heterocycles. The number of rotatable bonds is 5. The number of hydrogen-bond acceptors (Lipinski definition) is 3. The summed E-state index contributed by atoms with van der Waals surface area (Å²) >= 11 is 5.30. The van der Waals surface area contributed by atoms with Crippen LogP contribution in [0.5, 0.6) is 5.75 Å². The van der Waals surface area contributed by atoms with Crippen LogP contribution in [0.25, 0.3) is 0 Å². The molecule has 1 fully saturated rings.